The van der Waals surface area contributed by atoms with Gasteiger partial charge in [0.05, 0.1) is 24.2 Å². The highest BCUT2D eigenvalue weighted by atomic mass is 32.2. The summed E-state index contributed by atoms with van der Waals surface area (Å²) in [6, 6.07) is 13.2. The molecule has 178 valence electrons. The first kappa shape index (κ1) is 24.7. The van der Waals surface area contributed by atoms with Crippen LogP contribution in [0.1, 0.15) is 37.4 Å². The minimum Gasteiger partial charge on any atom is -0.379 e. The molecular formula is C23H30N4O5S. The number of nitrogens with one attached hydrogen (secondary N) is 3. The van der Waals surface area contributed by atoms with E-state index in [2.05, 4.69) is 16.0 Å². The molecule has 1 aliphatic heterocycles. The molecule has 33 heavy (non-hydrogen) atoms. The molecule has 1 atom stereocenters. The van der Waals surface area contributed by atoms with Gasteiger partial charge in [-0.2, -0.15) is 4.31 Å². The smallest absolute Gasteiger partial charge is 0.315 e. The van der Waals surface area contributed by atoms with Gasteiger partial charge in [-0.15, -0.1) is 0 Å². The van der Waals surface area contributed by atoms with Gasteiger partial charge in [-0.3, -0.25) is 4.79 Å². The lowest BCUT2D eigenvalue weighted by Crippen LogP contribution is -2.40. The van der Waals surface area contributed by atoms with E-state index in [0.29, 0.717) is 38.4 Å². The van der Waals surface area contributed by atoms with E-state index >= 15 is 0 Å². The van der Waals surface area contributed by atoms with Crippen LogP contribution >= 0.6 is 0 Å². The molecule has 0 saturated carbocycles. The minimum absolute atomic E-state index is 0.0555. The first-order chi connectivity index (χ1) is 15.8. The van der Waals surface area contributed by atoms with Crippen molar-refractivity contribution in [1.82, 2.24) is 14.9 Å². The van der Waals surface area contributed by atoms with Crippen molar-refractivity contribution in [2.24, 2.45) is 0 Å². The van der Waals surface area contributed by atoms with Gasteiger partial charge in [-0.1, -0.05) is 31.2 Å². The largest absolute Gasteiger partial charge is 0.379 e. The molecule has 0 spiro atoms. The van der Waals surface area contributed by atoms with Crippen molar-refractivity contribution in [2.45, 2.75) is 37.8 Å². The number of carbonyl (C=O) groups excluding carboxylic acids is 2. The molecule has 1 aliphatic rings. The number of amides is 3. The molecule has 3 amide bonds. The lowest BCUT2D eigenvalue weighted by Gasteiger charge is -2.26. The average Bonchev–Trinajstić information content (AvgIpc) is 2.84. The Labute approximate surface area is 194 Å². The summed E-state index contributed by atoms with van der Waals surface area (Å²) in [5.41, 5.74) is 2.40. The van der Waals surface area contributed by atoms with Gasteiger partial charge < -0.3 is 20.7 Å². The number of anilines is 1. The van der Waals surface area contributed by atoms with Crippen LogP contribution in [0.15, 0.2) is 53.4 Å². The molecule has 1 fully saturated rings. The third kappa shape index (κ3) is 6.77. The number of benzene rings is 2. The predicted molar refractivity (Wildman–Crippen MR) is 125 cm³/mol. The van der Waals surface area contributed by atoms with E-state index in [0.717, 1.165) is 11.1 Å². The summed E-state index contributed by atoms with van der Waals surface area (Å²) >= 11 is 0. The molecule has 3 N–H and O–H groups in total. The summed E-state index contributed by atoms with van der Waals surface area (Å²) in [7, 11) is -3.54. The number of hydrogen-bond donors (Lipinski definition) is 3. The number of ether oxygens (including phenoxy) is 1. The predicted octanol–water partition coefficient (Wildman–Crippen LogP) is 2.62. The zero-order valence-electron chi connectivity index (χ0n) is 18.8. The third-order valence-corrected chi connectivity index (χ3v) is 7.26. The first-order valence-corrected chi connectivity index (χ1v) is 12.3. The van der Waals surface area contributed by atoms with Crippen molar-refractivity contribution in [3.8, 4) is 0 Å². The van der Waals surface area contributed by atoms with Gasteiger partial charge in [0.2, 0.25) is 15.9 Å². The van der Waals surface area contributed by atoms with Gasteiger partial charge in [0.1, 0.15) is 0 Å². The van der Waals surface area contributed by atoms with Gasteiger partial charge >= 0.3 is 6.03 Å². The standard InChI is InChI=1S/C23H30N4O5S/c1-3-22(28)26-20-8-6-19(7-9-20)17(2)25-23(29)24-16-18-4-10-21(11-5-18)33(30,31)27-12-14-32-15-13-27/h4-11,17H,3,12-16H2,1-2H3,(H,26,28)(H2,24,25,29). The van der Waals surface area contributed by atoms with Crippen LogP contribution in [0.25, 0.3) is 0 Å². The summed E-state index contributed by atoms with van der Waals surface area (Å²) in [4.78, 5) is 24.0. The number of nitrogens with zero attached hydrogens (tertiary/aromatic N) is 1. The van der Waals surface area contributed by atoms with Crippen LogP contribution in [0.2, 0.25) is 0 Å². The van der Waals surface area contributed by atoms with E-state index in [1.54, 1.807) is 43.3 Å². The van der Waals surface area contributed by atoms with Crippen molar-refractivity contribution < 1.29 is 22.7 Å². The SMILES string of the molecule is CCC(=O)Nc1ccc(C(C)NC(=O)NCc2ccc(S(=O)(=O)N3CCOCC3)cc2)cc1. The number of carbonyl (C=O) groups is 2. The van der Waals surface area contributed by atoms with Crippen molar-refractivity contribution in [3.05, 3.63) is 59.7 Å². The maximum atomic E-state index is 12.7. The fraction of sp³-hybridized carbons (Fsp3) is 0.391. The zero-order valence-corrected chi connectivity index (χ0v) is 19.7. The average molecular weight is 475 g/mol. The number of hydrogen-bond acceptors (Lipinski definition) is 5. The van der Waals surface area contributed by atoms with E-state index in [-0.39, 0.29) is 29.4 Å². The minimum atomic E-state index is -3.54. The van der Waals surface area contributed by atoms with Gasteiger partial charge in [0.15, 0.2) is 0 Å². The second-order valence-electron chi connectivity index (χ2n) is 7.73. The Morgan fingerprint density at radius 3 is 2.27 bits per heavy atom. The molecule has 9 nitrogen and oxygen atoms in total. The van der Waals surface area contributed by atoms with E-state index in [9.17, 15) is 18.0 Å². The number of rotatable bonds is 8. The Bertz CT molecular complexity index is 1050. The van der Waals surface area contributed by atoms with E-state index in [1.165, 1.54) is 4.31 Å². The molecule has 3 rings (SSSR count). The van der Waals surface area contributed by atoms with E-state index in [1.807, 2.05) is 19.1 Å². The van der Waals surface area contributed by atoms with E-state index < -0.39 is 10.0 Å². The Hall–Kier alpha value is -2.95. The molecule has 1 saturated heterocycles. The molecule has 0 aromatic heterocycles. The summed E-state index contributed by atoms with van der Waals surface area (Å²) in [5.74, 6) is -0.0555. The van der Waals surface area contributed by atoms with Crippen molar-refractivity contribution >= 4 is 27.6 Å². The number of morpholine rings is 1. The Balaban J connectivity index is 1.49. The molecule has 1 unspecified atom stereocenters. The van der Waals surface area contributed by atoms with Crippen molar-refractivity contribution in [2.75, 3.05) is 31.6 Å². The first-order valence-electron chi connectivity index (χ1n) is 10.9. The highest BCUT2D eigenvalue weighted by Gasteiger charge is 2.26. The highest BCUT2D eigenvalue weighted by molar-refractivity contribution is 7.89. The fourth-order valence-electron chi connectivity index (χ4n) is 3.33. The Kier molecular flexibility index (Phi) is 8.43. The normalized spacial score (nSPS) is 15.5. The topological polar surface area (TPSA) is 117 Å². The Morgan fingerprint density at radius 1 is 1.03 bits per heavy atom. The molecule has 2 aromatic carbocycles. The van der Waals surface area contributed by atoms with E-state index in [4.69, 9.17) is 4.74 Å². The second kappa shape index (κ2) is 11.3. The van der Waals surface area contributed by atoms with Crippen LogP contribution in [0, 0.1) is 0 Å². The summed E-state index contributed by atoms with van der Waals surface area (Å²) in [6.07, 6.45) is 0.409. The van der Waals surface area contributed by atoms with Crippen LogP contribution in [0.3, 0.4) is 0 Å². The summed E-state index contributed by atoms with van der Waals surface area (Å²) in [5, 5.41) is 8.43. The van der Waals surface area contributed by atoms with Gasteiger partial charge in [-0.25, -0.2) is 13.2 Å². The summed E-state index contributed by atoms with van der Waals surface area (Å²) < 4.78 is 32.0. The number of sulfonamides is 1. The lowest BCUT2D eigenvalue weighted by molar-refractivity contribution is -0.115. The zero-order chi connectivity index (χ0) is 23.8. The van der Waals surface area contributed by atoms with Crippen molar-refractivity contribution in [3.63, 3.8) is 0 Å². The van der Waals surface area contributed by atoms with Crippen LogP contribution in [-0.2, 0) is 26.1 Å². The van der Waals surface area contributed by atoms with Gasteiger partial charge in [-0.05, 0) is 42.3 Å². The second-order valence-corrected chi connectivity index (χ2v) is 9.67. The lowest BCUT2D eigenvalue weighted by atomic mass is 10.1. The number of urea groups is 1. The van der Waals surface area contributed by atoms with Gasteiger partial charge in [0.25, 0.3) is 0 Å². The quantitative estimate of drug-likeness (QED) is 0.544. The maximum Gasteiger partial charge on any atom is 0.315 e. The van der Waals surface area contributed by atoms with Crippen LogP contribution in [0.5, 0.6) is 0 Å². The van der Waals surface area contributed by atoms with Crippen LogP contribution in [-0.4, -0.2) is 51.0 Å². The molecular weight excluding hydrogens is 444 g/mol. The molecule has 0 aliphatic carbocycles. The molecule has 0 bridgehead atoms. The maximum absolute atomic E-state index is 12.7. The van der Waals surface area contributed by atoms with Crippen LogP contribution < -0.4 is 16.0 Å². The fourth-order valence-corrected chi connectivity index (χ4v) is 4.74. The third-order valence-electron chi connectivity index (χ3n) is 5.35. The highest BCUT2D eigenvalue weighted by Crippen LogP contribution is 2.18. The Morgan fingerprint density at radius 2 is 1.67 bits per heavy atom. The molecule has 10 heteroatoms. The van der Waals surface area contributed by atoms with Gasteiger partial charge in [0, 0.05) is 31.7 Å². The summed E-state index contributed by atoms with van der Waals surface area (Å²) in [6.45, 7) is 5.40. The molecule has 1 heterocycles. The molecule has 0 radical (unpaired) electrons. The van der Waals surface area contributed by atoms with Crippen LogP contribution in [0.4, 0.5) is 10.5 Å². The molecule has 2 aromatic rings. The monoisotopic (exact) mass is 474 g/mol. The van der Waals surface area contributed by atoms with Crippen molar-refractivity contribution in [1.29, 1.82) is 0 Å².